The Hall–Kier alpha value is -0.770. The lowest BCUT2D eigenvalue weighted by Gasteiger charge is -2.29. The summed E-state index contributed by atoms with van der Waals surface area (Å²) in [6, 6.07) is 5.41. The molecule has 0 saturated carbocycles. The van der Waals surface area contributed by atoms with E-state index in [2.05, 4.69) is 0 Å². The summed E-state index contributed by atoms with van der Waals surface area (Å²) >= 11 is 5.97. The number of ether oxygens (including phenoxy) is 1. The zero-order chi connectivity index (χ0) is 10.1. The lowest BCUT2D eigenvalue weighted by Crippen LogP contribution is -2.32. The third-order valence-electron chi connectivity index (χ3n) is 2.40. The van der Waals surface area contributed by atoms with E-state index in [1.807, 2.05) is 12.1 Å². The van der Waals surface area contributed by atoms with Crippen LogP contribution in [0.1, 0.15) is 18.0 Å². The fourth-order valence-corrected chi connectivity index (χ4v) is 1.91. The van der Waals surface area contributed by atoms with Gasteiger partial charge in [0.2, 0.25) is 0 Å². The monoisotopic (exact) mass is 213 g/mol. The van der Waals surface area contributed by atoms with Crippen molar-refractivity contribution in [2.45, 2.75) is 18.6 Å². The number of halogens is 1. The van der Waals surface area contributed by atoms with E-state index in [9.17, 15) is 0 Å². The molecule has 0 aromatic heterocycles. The quantitative estimate of drug-likeness (QED) is 0.743. The highest BCUT2D eigenvalue weighted by atomic mass is 35.5. The number of benzene rings is 1. The zero-order valence-electron chi connectivity index (χ0n) is 7.61. The second kappa shape index (κ2) is 3.77. The lowest BCUT2D eigenvalue weighted by atomic mass is 9.98. The first-order chi connectivity index (χ1) is 6.72. The molecule has 0 saturated heterocycles. The third kappa shape index (κ3) is 1.59. The molecule has 2 unspecified atom stereocenters. The maximum atomic E-state index is 9.00. The first-order valence-electron chi connectivity index (χ1n) is 4.54. The van der Waals surface area contributed by atoms with Gasteiger partial charge in [-0.15, -0.1) is 0 Å². The molecule has 1 aromatic carbocycles. The van der Waals surface area contributed by atoms with Crippen LogP contribution in [0.2, 0.25) is 5.02 Å². The van der Waals surface area contributed by atoms with Crippen LogP contribution in [0, 0.1) is 0 Å². The highest BCUT2D eigenvalue weighted by Gasteiger charge is 2.26. The van der Waals surface area contributed by atoms with Crippen molar-refractivity contribution >= 4 is 11.6 Å². The van der Waals surface area contributed by atoms with Crippen molar-refractivity contribution in [2.24, 2.45) is 5.73 Å². The molecule has 0 amide bonds. The van der Waals surface area contributed by atoms with Gasteiger partial charge in [-0.1, -0.05) is 23.7 Å². The van der Waals surface area contributed by atoms with E-state index in [1.54, 1.807) is 6.07 Å². The molecule has 3 N–H and O–H groups in total. The minimum absolute atomic E-state index is 0.0294. The molecule has 0 spiro atoms. The summed E-state index contributed by atoms with van der Waals surface area (Å²) < 4.78 is 5.52. The minimum atomic E-state index is -0.239. The number of para-hydroxylation sites is 1. The van der Waals surface area contributed by atoms with E-state index in [0.29, 0.717) is 17.2 Å². The average Bonchev–Trinajstić information content (AvgIpc) is 2.19. The number of aliphatic hydroxyl groups excluding tert-OH is 1. The van der Waals surface area contributed by atoms with Crippen LogP contribution >= 0.6 is 11.6 Å². The Morgan fingerprint density at radius 3 is 3.07 bits per heavy atom. The molecule has 14 heavy (non-hydrogen) atoms. The first-order valence-corrected chi connectivity index (χ1v) is 4.91. The molecule has 1 heterocycles. The second-order valence-electron chi connectivity index (χ2n) is 3.42. The van der Waals surface area contributed by atoms with Gasteiger partial charge in [0.15, 0.2) is 0 Å². The van der Waals surface area contributed by atoms with Crippen LogP contribution in [-0.2, 0) is 0 Å². The molecule has 2 atom stereocenters. The Morgan fingerprint density at radius 1 is 1.57 bits per heavy atom. The van der Waals surface area contributed by atoms with Crippen LogP contribution in [0.3, 0.4) is 0 Å². The predicted octanol–water partition coefficient (Wildman–Crippen LogP) is 1.48. The third-order valence-corrected chi connectivity index (χ3v) is 2.70. The highest BCUT2D eigenvalue weighted by Crippen LogP contribution is 2.38. The minimum Gasteiger partial charge on any atom is -0.486 e. The number of fused-ring (bicyclic) bond motifs is 1. The molecular weight excluding hydrogens is 202 g/mol. The molecule has 76 valence electrons. The van der Waals surface area contributed by atoms with Crippen molar-refractivity contribution in [3.63, 3.8) is 0 Å². The van der Waals surface area contributed by atoms with Crippen molar-refractivity contribution in [2.75, 3.05) is 6.61 Å². The summed E-state index contributed by atoms with van der Waals surface area (Å²) in [5.41, 5.74) is 6.85. The predicted molar refractivity (Wildman–Crippen MR) is 54.5 cm³/mol. The molecule has 0 aliphatic carbocycles. The summed E-state index contributed by atoms with van der Waals surface area (Å²) in [7, 11) is 0. The van der Waals surface area contributed by atoms with Crippen LogP contribution in [0.5, 0.6) is 5.75 Å². The van der Waals surface area contributed by atoms with Crippen molar-refractivity contribution in [3.8, 4) is 5.75 Å². The summed E-state index contributed by atoms with van der Waals surface area (Å²) in [5.74, 6) is 0.618. The van der Waals surface area contributed by atoms with Crippen LogP contribution in [0.15, 0.2) is 18.2 Å². The Kier molecular flexibility index (Phi) is 2.63. The molecule has 1 aromatic rings. The summed E-state index contributed by atoms with van der Waals surface area (Å²) in [6.45, 7) is -0.0294. The largest absolute Gasteiger partial charge is 0.486 e. The lowest BCUT2D eigenvalue weighted by molar-refractivity contribution is 0.0889. The van der Waals surface area contributed by atoms with Gasteiger partial charge in [-0.3, -0.25) is 0 Å². The van der Waals surface area contributed by atoms with Gasteiger partial charge < -0.3 is 15.6 Å². The van der Waals surface area contributed by atoms with Gasteiger partial charge in [0.1, 0.15) is 11.9 Å². The summed E-state index contributed by atoms with van der Waals surface area (Å²) in [4.78, 5) is 0. The maximum Gasteiger partial charge on any atom is 0.143 e. The van der Waals surface area contributed by atoms with E-state index >= 15 is 0 Å². The molecule has 1 aliphatic heterocycles. The average molecular weight is 214 g/mol. The molecule has 3 nitrogen and oxygen atoms in total. The number of nitrogens with two attached hydrogens (primary N) is 1. The topological polar surface area (TPSA) is 55.5 Å². The Bertz CT molecular complexity index is 343. The molecule has 0 fully saturated rings. The number of hydrogen-bond donors (Lipinski definition) is 2. The van der Waals surface area contributed by atoms with Crippen LogP contribution < -0.4 is 10.5 Å². The Labute approximate surface area is 87.4 Å². The van der Waals surface area contributed by atoms with Crippen molar-refractivity contribution in [1.29, 1.82) is 0 Å². The Balaban J connectivity index is 2.40. The number of rotatable bonds is 1. The Morgan fingerprint density at radius 2 is 2.36 bits per heavy atom. The molecule has 0 bridgehead atoms. The zero-order valence-corrected chi connectivity index (χ0v) is 8.37. The highest BCUT2D eigenvalue weighted by molar-refractivity contribution is 6.32. The molecular formula is C10H12ClNO2. The standard InChI is InChI=1S/C10H12ClNO2/c11-8-3-1-2-7-9(12)4-6(5-13)14-10(7)8/h1-3,6,9,13H,4-5,12H2. The SMILES string of the molecule is NC1CC(CO)Oc2c(Cl)cccc21. The van der Waals surface area contributed by atoms with Crippen LogP contribution in [-0.4, -0.2) is 17.8 Å². The molecule has 1 aliphatic rings. The van der Waals surface area contributed by atoms with Gasteiger partial charge in [0, 0.05) is 18.0 Å². The van der Waals surface area contributed by atoms with Gasteiger partial charge in [0.05, 0.1) is 11.6 Å². The van der Waals surface area contributed by atoms with Gasteiger partial charge in [-0.2, -0.15) is 0 Å². The summed E-state index contributed by atoms with van der Waals surface area (Å²) in [5, 5.41) is 9.55. The van der Waals surface area contributed by atoms with Crippen molar-refractivity contribution in [3.05, 3.63) is 28.8 Å². The fourth-order valence-electron chi connectivity index (χ4n) is 1.68. The number of hydrogen-bond acceptors (Lipinski definition) is 3. The van der Waals surface area contributed by atoms with Gasteiger partial charge in [-0.25, -0.2) is 0 Å². The first kappa shape index (κ1) is 9.77. The van der Waals surface area contributed by atoms with Crippen LogP contribution in [0.4, 0.5) is 0 Å². The van der Waals surface area contributed by atoms with E-state index in [0.717, 1.165) is 5.56 Å². The molecule has 2 rings (SSSR count). The van der Waals surface area contributed by atoms with Gasteiger partial charge in [0.25, 0.3) is 0 Å². The van der Waals surface area contributed by atoms with Gasteiger partial charge >= 0.3 is 0 Å². The molecule has 0 radical (unpaired) electrons. The number of aliphatic hydroxyl groups is 1. The maximum absolute atomic E-state index is 9.00. The van der Waals surface area contributed by atoms with Crippen molar-refractivity contribution < 1.29 is 9.84 Å². The fraction of sp³-hybridized carbons (Fsp3) is 0.400. The van der Waals surface area contributed by atoms with Gasteiger partial charge in [-0.05, 0) is 6.07 Å². The van der Waals surface area contributed by atoms with E-state index in [1.165, 1.54) is 0 Å². The van der Waals surface area contributed by atoms with E-state index in [-0.39, 0.29) is 18.8 Å². The normalized spacial score (nSPS) is 25.4. The summed E-state index contributed by atoms with van der Waals surface area (Å²) in [6.07, 6.45) is 0.390. The van der Waals surface area contributed by atoms with Crippen molar-refractivity contribution in [1.82, 2.24) is 0 Å². The van der Waals surface area contributed by atoms with Crippen LogP contribution in [0.25, 0.3) is 0 Å². The second-order valence-corrected chi connectivity index (χ2v) is 3.83. The molecule has 4 heteroatoms. The van der Waals surface area contributed by atoms with E-state index < -0.39 is 0 Å². The van der Waals surface area contributed by atoms with E-state index in [4.69, 9.17) is 27.2 Å². The smallest absolute Gasteiger partial charge is 0.143 e.